The van der Waals surface area contributed by atoms with Crippen molar-refractivity contribution in [3.05, 3.63) is 418 Å². The van der Waals surface area contributed by atoms with E-state index in [1.807, 2.05) is 0 Å². The van der Waals surface area contributed by atoms with Crippen molar-refractivity contribution in [3.63, 3.8) is 0 Å². The molecule has 0 fully saturated rings. The molecule has 0 saturated carbocycles. The van der Waals surface area contributed by atoms with Crippen LogP contribution in [0.15, 0.2) is 340 Å². The first kappa shape index (κ1) is 59.6. The van der Waals surface area contributed by atoms with E-state index in [2.05, 4.69) is 354 Å². The van der Waals surface area contributed by atoms with Crippen LogP contribution in [0.4, 0.5) is 0 Å². The van der Waals surface area contributed by atoms with Crippen LogP contribution in [0.3, 0.4) is 0 Å². The molecule has 0 aromatic heterocycles. The minimum absolute atomic E-state index is 0.0216. The Bertz CT molecular complexity index is 4590. The second-order valence-corrected chi connectivity index (χ2v) is 28.1. The van der Waals surface area contributed by atoms with E-state index >= 15 is 0 Å². The molecular weight excluding hydrogens is 1180 g/mol. The fourth-order valence-corrected chi connectivity index (χ4v) is 19.3. The number of hydrogen-bond donors (Lipinski definition) is 0. The van der Waals surface area contributed by atoms with Crippen molar-refractivity contribution in [1.29, 1.82) is 0 Å². The van der Waals surface area contributed by atoms with Crippen molar-refractivity contribution in [2.45, 2.75) is 86.9 Å². The first-order chi connectivity index (χ1) is 48.5. The van der Waals surface area contributed by atoms with Crippen molar-refractivity contribution in [3.8, 4) is 77.9 Å². The van der Waals surface area contributed by atoms with Crippen molar-refractivity contribution < 1.29 is 0 Å². The Hall–Kier alpha value is -10.9. The normalized spacial score (nSPS) is 14.8. The van der Waals surface area contributed by atoms with E-state index in [-0.39, 0.29) is 10.8 Å². The highest BCUT2D eigenvalue weighted by molar-refractivity contribution is 5.87. The molecule has 21 rings (SSSR count). The second kappa shape index (κ2) is 24.6. The molecule has 14 aromatic rings. The van der Waals surface area contributed by atoms with Gasteiger partial charge in [-0.15, -0.1) is 0 Å². The maximum atomic E-state index is 2.38. The lowest BCUT2D eigenvalue weighted by Crippen LogP contribution is -2.37. The number of benzene rings is 14. The smallest absolute Gasteiger partial charge is 0.0224 e. The zero-order valence-electron chi connectivity index (χ0n) is 55.9. The van der Waals surface area contributed by atoms with Crippen LogP contribution in [0.5, 0.6) is 0 Å². The van der Waals surface area contributed by atoms with Crippen LogP contribution in [-0.4, -0.2) is 0 Å². The Balaban J connectivity index is 0.0000000978. The lowest BCUT2D eigenvalue weighted by Gasteiger charge is -2.42. The summed E-state index contributed by atoms with van der Waals surface area (Å²) in [4.78, 5) is 0. The van der Waals surface area contributed by atoms with Gasteiger partial charge in [-0.1, -0.05) is 354 Å². The van der Waals surface area contributed by atoms with E-state index in [1.54, 1.807) is 0 Å². The van der Waals surface area contributed by atoms with Crippen LogP contribution in [-0.2, 0) is 17.3 Å². The maximum absolute atomic E-state index is 2.38. The lowest BCUT2D eigenvalue weighted by molar-refractivity contribution is 0.342. The van der Waals surface area contributed by atoms with Crippen LogP contribution < -0.4 is 0 Å². The van der Waals surface area contributed by atoms with E-state index in [0.29, 0.717) is 23.7 Å². The summed E-state index contributed by atoms with van der Waals surface area (Å²) < 4.78 is 0. The van der Waals surface area contributed by atoms with Crippen LogP contribution in [0.2, 0.25) is 0 Å². The van der Waals surface area contributed by atoms with Gasteiger partial charge in [0.15, 0.2) is 0 Å². The average Bonchev–Trinajstić information content (AvgIpc) is 1.53. The van der Waals surface area contributed by atoms with Crippen LogP contribution in [0, 0.1) is 0 Å². The lowest BCUT2D eigenvalue weighted by atomic mass is 9.61. The largest absolute Gasteiger partial charge is 0.0642 e. The minimum atomic E-state index is 0.0216. The highest BCUT2D eigenvalue weighted by Crippen LogP contribution is 2.62. The predicted octanol–water partition coefficient (Wildman–Crippen LogP) is 25.4. The molecule has 0 bridgehead atoms. The predicted molar refractivity (Wildman–Crippen MR) is 409 cm³/mol. The van der Waals surface area contributed by atoms with Crippen molar-refractivity contribution in [2.75, 3.05) is 0 Å². The third kappa shape index (κ3) is 9.54. The highest BCUT2D eigenvalue weighted by Gasteiger charge is 2.51. The zero-order chi connectivity index (χ0) is 65.3. The zero-order valence-corrected chi connectivity index (χ0v) is 55.9. The Labute approximate surface area is 578 Å². The molecule has 0 heteroatoms. The van der Waals surface area contributed by atoms with Gasteiger partial charge in [-0.2, -0.15) is 0 Å². The van der Waals surface area contributed by atoms with E-state index in [0.717, 1.165) is 38.5 Å². The fraction of sp³-hybridized carbons (Fsp3) is 0.143. The summed E-state index contributed by atoms with van der Waals surface area (Å²) in [5.74, 6) is 1.84. The molecule has 0 radical (unpaired) electrons. The number of fused-ring (bicyclic) bond motifs is 21. The topological polar surface area (TPSA) is 0 Å². The van der Waals surface area contributed by atoms with E-state index in [1.165, 1.54) is 156 Å². The summed E-state index contributed by atoms with van der Waals surface area (Å²) in [7, 11) is 0. The van der Waals surface area contributed by atoms with Crippen LogP contribution in [0.1, 0.15) is 148 Å². The standard InChI is InChI=1S/C31H28.2C27H20.C13H10/c1-3-30(26-17-9-5-13-22(26)23-14-6-10-18-27(23)30)21-31(4-2)28-19-11-7-15-24(28)25-16-8-12-20-29(25)31;2*1-5-13-22-18(9-1)19-10-2-6-14-23(19)26(22)17-27-24-15-7-3-11-20(24)21-12-4-8-16-25(21)27;1-3-7-12-10(5-1)9-11-6-2-4-8-13(11)12/h5-20H,3-4,21H2,1-2H3;2*1-16,26-27H,17H2;1-8H,9H2. The maximum Gasteiger partial charge on any atom is 0.0224 e. The molecule has 7 aliphatic rings. The van der Waals surface area contributed by atoms with Crippen LogP contribution >= 0.6 is 0 Å². The molecule has 0 saturated heterocycles. The fourth-order valence-electron chi connectivity index (χ4n) is 19.3. The van der Waals surface area contributed by atoms with Crippen molar-refractivity contribution >= 4 is 0 Å². The van der Waals surface area contributed by atoms with Crippen molar-refractivity contribution in [2.24, 2.45) is 0 Å². The number of hydrogen-bond acceptors (Lipinski definition) is 0. The summed E-state index contributed by atoms with van der Waals surface area (Å²) in [6, 6.07) is 125. The molecule has 0 atom stereocenters. The molecule has 470 valence electrons. The monoisotopic (exact) mass is 1250 g/mol. The molecule has 0 nitrogen and oxygen atoms in total. The third-order valence-corrected chi connectivity index (χ3v) is 23.7. The van der Waals surface area contributed by atoms with Gasteiger partial charge in [-0.3, -0.25) is 0 Å². The molecule has 14 aromatic carbocycles. The Morgan fingerprint density at radius 3 is 0.592 bits per heavy atom. The summed E-state index contributed by atoms with van der Waals surface area (Å²) >= 11 is 0. The van der Waals surface area contributed by atoms with E-state index < -0.39 is 0 Å². The summed E-state index contributed by atoms with van der Waals surface area (Å²) in [6.45, 7) is 4.77. The van der Waals surface area contributed by atoms with E-state index in [4.69, 9.17) is 0 Å². The molecule has 0 heterocycles. The van der Waals surface area contributed by atoms with Gasteiger partial charge in [-0.05, 0) is 194 Å². The van der Waals surface area contributed by atoms with Gasteiger partial charge in [0, 0.05) is 34.5 Å². The highest BCUT2D eigenvalue weighted by atomic mass is 14.5. The van der Waals surface area contributed by atoms with Crippen molar-refractivity contribution in [1.82, 2.24) is 0 Å². The molecule has 98 heavy (non-hydrogen) atoms. The number of rotatable bonds is 8. The SMILES string of the molecule is CCC1(CC2(CC)c3ccccc3-c3ccccc32)c2ccccc2-c2ccccc21.c1ccc2c(c1)-c1ccccc1C2CC1c2ccccc2-c2ccccc21.c1ccc2c(c1)-c1ccccc1C2CC1c2ccccc2-c2ccccc21.c1ccc2c(c1)Cc1ccccc1-2. The first-order valence-electron chi connectivity index (χ1n) is 35.8. The van der Waals surface area contributed by atoms with Gasteiger partial charge in [0.2, 0.25) is 0 Å². The first-order valence-corrected chi connectivity index (χ1v) is 35.8. The minimum Gasteiger partial charge on any atom is -0.0642 e. The third-order valence-electron chi connectivity index (χ3n) is 23.7. The molecule has 7 aliphatic carbocycles. The summed E-state index contributed by atoms with van der Waals surface area (Å²) in [6.07, 6.45) is 6.67. The summed E-state index contributed by atoms with van der Waals surface area (Å²) in [5, 5.41) is 0. The Kier molecular flexibility index (Phi) is 15.0. The van der Waals surface area contributed by atoms with Gasteiger partial charge in [0.25, 0.3) is 0 Å². The van der Waals surface area contributed by atoms with Gasteiger partial charge in [0.05, 0.1) is 0 Å². The Morgan fingerprint density at radius 1 is 0.204 bits per heavy atom. The molecular formula is C98H78. The molecule has 0 amide bonds. The van der Waals surface area contributed by atoms with Gasteiger partial charge in [0.1, 0.15) is 0 Å². The average molecular weight is 1260 g/mol. The van der Waals surface area contributed by atoms with E-state index in [9.17, 15) is 0 Å². The van der Waals surface area contributed by atoms with Gasteiger partial charge < -0.3 is 0 Å². The van der Waals surface area contributed by atoms with Gasteiger partial charge >= 0.3 is 0 Å². The molecule has 0 spiro atoms. The summed E-state index contributed by atoms with van der Waals surface area (Å²) in [5.41, 5.74) is 40.7. The molecule has 0 aliphatic heterocycles. The molecule has 0 unspecified atom stereocenters. The quantitative estimate of drug-likeness (QED) is 0.142. The van der Waals surface area contributed by atoms with Crippen LogP contribution in [0.25, 0.3) is 77.9 Å². The molecule has 0 N–H and O–H groups in total. The second-order valence-electron chi connectivity index (χ2n) is 28.1. The van der Waals surface area contributed by atoms with Gasteiger partial charge in [-0.25, -0.2) is 0 Å². The Morgan fingerprint density at radius 2 is 0.378 bits per heavy atom.